The third-order valence-electron chi connectivity index (χ3n) is 3.38. The maximum absolute atomic E-state index is 4.33. The van der Waals surface area contributed by atoms with E-state index >= 15 is 0 Å². The average molecular weight is 372 g/mol. The molecular formula is C22H29NS2. The van der Waals surface area contributed by atoms with Crippen LogP contribution in [-0.4, -0.2) is 4.98 Å². The van der Waals surface area contributed by atoms with Crippen LogP contribution in [0, 0.1) is 0 Å². The van der Waals surface area contributed by atoms with Gasteiger partial charge in [0.15, 0.2) is 0 Å². The van der Waals surface area contributed by atoms with E-state index in [0.717, 1.165) is 5.69 Å². The molecule has 0 saturated carbocycles. The van der Waals surface area contributed by atoms with E-state index in [9.17, 15) is 0 Å². The van der Waals surface area contributed by atoms with Gasteiger partial charge < -0.3 is 0 Å². The van der Waals surface area contributed by atoms with Crippen LogP contribution in [0.4, 0.5) is 0 Å². The largest absolute Gasteiger partial charge is 0.255 e. The van der Waals surface area contributed by atoms with Gasteiger partial charge in [0.05, 0.1) is 10.6 Å². The van der Waals surface area contributed by atoms with Crippen LogP contribution in [0.3, 0.4) is 0 Å². The third kappa shape index (κ3) is 8.28. The van der Waals surface area contributed by atoms with Gasteiger partial charge in [0.1, 0.15) is 0 Å². The molecule has 134 valence electrons. The Bertz CT molecular complexity index is 691. The van der Waals surface area contributed by atoms with Gasteiger partial charge in [-0.25, -0.2) is 0 Å². The highest BCUT2D eigenvalue weighted by molar-refractivity contribution is 7.15. The Morgan fingerprint density at radius 2 is 1.76 bits per heavy atom. The summed E-state index contributed by atoms with van der Waals surface area (Å²) >= 11 is 3.65. The molecule has 0 bridgehead atoms. The highest BCUT2D eigenvalue weighted by Crippen LogP contribution is 2.30. The number of thiophene rings is 2. The van der Waals surface area contributed by atoms with Gasteiger partial charge in [0, 0.05) is 16.0 Å². The summed E-state index contributed by atoms with van der Waals surface area (Å²) in [5.74, 6) is 0.609. The lowest BCUT2D eigenvalue weighted by molar-refractivity contribution is 0.890. The van der Waals surface area contributed by atoms with E-state index in [0.29, 0.717) is 5.92 Å². The van der Waals surface area contributed by atoms with E-state index in [1.165, 1.54) is 21.1 Å². The molecule has 0 atom stereocenters. The minimum absolute atomic E-state index is 0.609. The van der Waals surface area contributed by atoms with Crippen LogP contribution in [0.25, 0.3) is 10.6 Å². The van der Waals surface area contributed by atoms with Crippen molar-refractivity contribution in [2.45, 2.75) is 47.0 Å². The van der Waals surface area contributed by atoms with Crippen molar-refractivity contribution < 1.29 is 0 Å². The fourth-order valence-electron chi connectivity index (χ4n) is 1.82. The Morgan fingerprint density at radius 3 is 2.16 bits per heavy atom. The molecule has 0 N–H and O–H groups in total. The van der Waals surface area contributed by atoms with Crippen LogP contribution in [0.1, 0.15) is 50.3 Å². The van der Waals surface area contributed by atoms with Gasteiger partial charge in [-0.1, -0.05) is 45.1 Å². The van der Waals surface area contributed by atoms with E-state index in [1.807, 2.05) is 67.0 Å². The molecule has 3 heteroatoms. The Morgan fingerprint density at radius 1 is 1.00 bits per heavy atom. The number of allylic oxidation sites excluding steroid dienone is 2. The number of hydrogen-bond donors (Lipinski definition) is 0. The smallest absolute Gasteiger partial charge is 0.0801 e. The first-order valence-corrected chi connectivity index (χ1v) is 10.4. The van der Waals surface area contributed by atoms with Crippen LogP contribution in [0.15, 0.2) is 66.2 Å². The first-order valence-electron chi connectivity index (χ1n) is 8.73. The molecule has 3 heterocycles. The summed E-state index contributed by atoms with van der Waals surface area (Å²) in [5, 5.41) is 2.11. The molecule has 0 saturated heterocycles. The zero-order chi connectivity index (χ0) is 18.5. The second-order valence-electron chi connectivity index (χ2n) is 5.67. The molecule has 0 aliphatic heterocycles. The molecule has 0 aromatic carbocycles. The van der Waals surface area contributed by atoms with E-state index in [2.05, 4.69) is 61.5 Å². The summed E-state index contributed by atoms with van der Waals surface area (Å²) in [5.41, 5.74) is 1.07. The second-order valence-corrected chi connectivity index (χ2v) is 7.82. The molecule has 3 aromatic heterocycles. The first-order chi connectivity index (χ1) is 12.1. The van der Waals surface area contributed by atoms with Crippen molar-refractivity contribution in [2.24, 2.45) is 0 Å². The summed E-state index contributed by atoms with van der Waals surface area (Å²) in [6.45, 7) is 10.6. The van der Waals surface area contributed by atoms with Gasteiger partial charge in [-0.2, -0.15) is 0 Å². The summed E-state index contributed by atoms with van der Waals surface area (Å²) < 4.78 is 0. The van der Waals surface area contributed by atoms with Crippen molar-refractivity contribution in [1.29, 1.82) is 0 Å². The Hall–Kier alpha value is -1.71. The number of aromatic nitrogens is 1. The minimum atomic E-state index is 0.609. The second kappa shape index (κ2) is 12.6. The van der Waals surface area contributed by atoms with Crippen LogP contribution in [0.2, 0.25) is 0 Å². The summed E-state index contributed by atoms with van der Waals surface area (Å²) in [6, 6.07) is 14.6. The number of rotatable bonds is 3. The molecule has 3 rings (SSSR count). The van der Waals surface area contributed by atoms with Crippen molar-refractivity contribution >= 4 is 22.7 Å². The lowest BCUT2D eigenvalue weighted by Gasteiger charge is -1.98. The molecule has 0 unspecified atom stereocenters. The fourth-order valence-corrected chi connectivity index (χ4v) is 3.47. The normalized spacial score (nSPS) is 10.2. The molecule has 0 fully saturated rings. The summed E-state index contributed by atoms with van der Waals surface area (Å²) in [4.78, 5) is 8.48. The van der Waals surface area contributed by atoms with Gasteiger partial charge in [-0.3, -0.25) is 4.98 Å². The van der Waals surface area contributed by atoms with E-state index in [4.69, 9.17) is 0 Å². The van der Waals surface area contributed by atoms with Crippen LogP contribution in [-0.2, 0) is 6.42 Å². The molecule has 0 radical (unpaired) electrons. The first kappa shape index (κ1) is 21.3. The minimum Gasteiger partial charge on any atom is -0.255 e. The highest BCUT2D eigenvalue weighted by atomic mass is 32.1. The van der Waals surface area contributed by atoms with Crippen molar-refractivity contribution in [3.63, 3.8) is 0 Å². The lowest BCUT2D eigenvalue weighted by atomic mass is 10.2. The number of hydrogen-bond acceptors (Lipinski definition) is 3. The van der Waals surface area contributed by atoms with Crippen LogP contribution < -0.4 is 0 Å². The summed E-state index contributed by atoms with van der Waals surface area (Å²) in [7, 11) is 0. The van der Waals surface area contributed by atoms with Crippen molar-refractivity contribution in [3.8, 4) is 10.6 Å². The monoisotopic (exact) mass is 371 g/mol. The highest BCUT2D eigenvalue weighted by Gasteiger charge is 2.05. The molecule has 0 aliphatic carbocycles. The zero-order valence-corrected chi connectivity index (χ0v) is 17.5. The number of nitrogens with zero attached hydrogens (tertiary/aromatic N) is 1. The fraction of sp³-hybridized carbons (Fsp3) is 0.318. The van der Waals surface area contributed by atoms with Crippen molar-refractivity contribution in [1.82, 2.24) is 4.98 Å². The number of pyridine rings is 1. The molecule has 3 aromatic rings. The van der Waals surface area contributed by atoms with Crippen molar-refractivity contribution in [3.05, 3.63) is 75.9 Å². The molecule has 0 aliphatic rings. The van der Waals surface area contributed by atoms with Crippen LogP contribution >= 0.6 is 22.7 Å². The standard InChI is InChI=1S/C12H13NS.C6H8S.C4H8/c1-9(2)11-6-7-12(14-11)10-5-3-4-8-13-10;1-2-6-4-3-5-7-6;1-3-4-2/h3-9H,1-2H3;3-5H,2H2,1H3;3-4H,1-2H3. The quantitative estimate of drug-likeness (QED) is 0.427. The van der Waals surface area contributed by atoms with Crippen LogP contribution in [0.5, 0.6) is 0 Å². The summed E-state index contributed by atoms with van der Waals surface area (Å²) in [6.07, 6.45) is 7.02. The maximum atomic E-state index is 4.33. The van der Waals surface area contributed by atoms with Gasteiger partial charge in [0.25, 0.3) is 0 Å². The van der Waals surface area contributed by atoms with Gasteiger partial charge in [-0.05, 0) is 61.9 Å². The predicted molar refractivity (Wildman–Crippen MR) is 116 cm³/mol. The van der Waals surface area contributed by atoms with E-state index < -0.39 is 0 Å². The van der Waals surface area contributed by atoms with Gasteiger partial charge >= 0.3 is 0 Å². The molecule has 1 nitrogen and oxygen atoms in total. The number of aryl methyl sites for hydroxylation is 1. The maximum Gasteiger partial charge on any atom is 0.0801 e. The Balaban J connectivity index is 0.000000237. The Kier molecular flexibility index (Phi) is 10.8. The predicted octanol–water partition coefficient (Wildman–Crippen LogP) is 7.83. The topological polar surface area (TPSA) is 12.9 Å². The lowest BCUT2D eigenvalue weighted by Crippen LogP contribution is -1.78. The van der Waals surface area contributed by atoms with Gasteiger partial charge in [0.2, 0.25) is 0 Å². The Labute approximate surface area is 161 Å². The molecule has 0 amide bonds. The van der Waals surface area contributed by atoms with E-state index in [-0.39, 0.29) is 0 Å². The van der Waals surface area contributed by atoms with E-state index in [1.54, 1.807) is 0 Å². The van der Waals surface area contributed by atoms with Crippen molar-refractivity contribution in [2.75, 3.05) is 0 Å². The average Bonchev–Trinajstić information content (AvgIpc) is 3.35. The van der Waals surface area contributed by atoms with Gasteiger partial charge in [-0.15, -0.1) is 22.7 Å². The molecule has 0 spiro atoms. The third-order valence-corrected chi connectivity index (χ3v) is 5.80. The zero-order valence-electron chi connectivity index (χ0n) is 15.9. The molecular weight excluding hydrogens is 342 g/mol. The SMILES string of the molecule is CC(C)c1ccc(-c2ccccn2)s1.CC=CC.CCc1cccs1. The molecule has 25 heavy (non-hydrogen) atoms.